The van der Waals surface area contributed by atoms with E-state index in [9.17, 15) is 4.79 Å². The minimum Gasteiger partial charge on any atom is -0.361 e. The lowest BCUT2D eigenvalue weighted by Crippen LogP contribution is -2.14. The van der Waals surface area contributed by atoms with Gasteiger partial charge in [-0.1, -0.05) is 30.3 Å². The Morgan fingerprint density at radius 3 is 2.76 bits per heavy atom. The third kappa shape index (κ3) is 3.67. The molecule has 0 spiro atoms. The molecule has 6 aromatic rings. The third-order valence-electron chi connectivity index (χ3n) is 5.65. The molecule has 4 heterocycles. The van der Waals surface area contributed by atoms with Gasteiger partial charge in [0.05, 0.1) is 12.1 Å². The Morgan fingerprint density at radius 1 is 0.941 bits per heavy atom. The highest BCUT2D eigenvalue weighted by molar-refractivity contribution is 5.96. The van der Waals surface area contributed by atoms with Gasteiger partial charge in [-0.25, -0.2) is 0 Å². The number of para-hydroxylation sites is 1. The molecule has 2 N–H and O–H groups in total. The average molecular weight is 445 g/mol. The van der Waals surface area contributed by atoms with E-state index >= 15 is 0 Å². The van der Waals surface area contributed by atoms with Crippen molar-refractivity contribution in [2.75, 3.05) is 5.32 Å². The first-order valence-electron chi connectivity index (χ1n) is 10.8. The SMILES string of the molecule is O=C(Cc1c[nH]c2ccccc12)Nc1cccc(-c2ccc3nnc(-c4cccnc4)n3n2)c1. The predicted molar refractivity (Wildman–Crippen MR) is 130 cm³/mol. The Balaban J connectivity index is 1.26. The van der Waals surface area contributed by atoms with Crippen LogP contribution in [-0.4, -0.2) is 35.7 Å². The standard InChI is InChI=1S/C26H19N7O/c34-25(14-19-16-28-23-9-2-1-8-21(19)23)29-20-7-3-5-17(13-20)22-10-11-24-30-31-26(33(24)32-22)18-6-4-12-27-15-18/h1-13,15-16,28H,14H2,(H,29,34). The molecular formula is C26H19N7O. The predicted octanol–water partition coefficient (Wildman–Crippen LogP) is 4.52. The molecular weight excluding hydrogens is 426 g/mol. The highest BCUT2D eigenvalue weighted by Crippen LogP contribution is 2.24. The quantitative estimate of drug-likeness (QED) is 0.406. The van der Waals surface area contributed by atoms with Crippen LogP contribution < -0.4 is 5.32 Å². The highest BCUT2D eigenvalue weighted by atomic mass is 16.1. The summed E-state index contributed by atoms with van der Waals surface area (Å²) in [5.74, 6) is 0.538. The molecule has 0 aliphatic carbocycles. The van der Waals surface area contributed by atoms with Crippen LogP contribution >= 0.6 is 0 Å². The van der Waals surface area contributed by atoms with Gasteiger partial charge in [0.25, 0.3) is 0 Å². The van der Waals surface area contributed by atoms with E-state index in [0.29, 0.717) is 17.2 Å². The van der Waals surface area contributed by atoms with Crippen LogP contribution in [0.4, 0.5) is 5.69 Å². The largest absolute Gasteiger partial charge is 0.361 e. The second-order valence-electron chi connectivity index (χ2n) is 7.92. The van der Waals surface area contributed by atoms with Crippen LogP contribution in [0.2, 0.25) is 0 Å². The van der Waals surface area contributed by atoms with Crippen LogP contribution in [0.3, 0.4) is 0 Å². The molecule has 0 saturated heterocycles. The Kier molecular flexibility index (Phi) is 4.81. The molecule has 4 aromatic heterocycles. The van der Waals surface area contributed by atoms with E-state index in [0.717, 1.165) is 33.3 Å². The molecule has 6 rings (SSSR count). The van der Waals surface area contributed by atoms with Crippen LogP contribution in [-0.2, 0) is 11.2 Å². The van der Waals surface area contributed by atoms with Crippen molar-refractivity contribution in [2.45, 2.75) is 6.42 Å². The van der Waals surface area contributed by atoms with Gasteiger partial charge in [-0.3, -0.25) is 9.78 Å². The number of pyridine rings is 1. The summed E-state index contributed by atoms with van der Waals surface area (Å²) in [4.78, 5) is 20.1. The zero-order valence-electron chi connectivity index (χ0n) is 18.0. The van der Waals surface area contributed by atoms with Gasteiger partial charge in [0, 0.05) is 46.3 Å². The van der Waals surface area contributed by atoms with Crippen molar-refractivity contribution in [3.8, 4) is 22.6 Å². The fourth-order valence-corrected chi connectivity index (χ4v) is 4.03. The molecule has 164 valence electrons. The first kappa shape index (κ1) is 19.8. The van der Waals surface area contributed by atoms with E-state index in [1.54, 1.807) is 16.9 Å². The summed E-state index contributed by atoms with van der Waals surface area (Å²) in [6, 6.07) is 23.1. The van der Waals surface area contributed by atoms with E-state index in [1.807, 2.05) is 79.0 Å². The molecule has 0 aliphatic rings. The van der Waals surface area contributed by atoms with E-state index in [-0.39, 0.29) is 12.3 Å². The Bertz CT molecular complexity index is 1640. The van der Waals surface area contributed by atoms with Gasteiger partial charge in [-0.2, -0.15) is 9.61 Å². The zero-order valence-corrected chi connectivity index (χ0v) is 18.0. The molecule has 0 radical (unpaired) electrons. The fraction of sp³-hybridized carbons (Fsp3) is 0.0385. The highest BCUT2D eigenvalue weighted by Gasteiger charge is 2.12. The molecule has 34 heavy (non-hydrogen) atoms. The number of anilines is 1. The first-order valence-corrected chi connectivity index (χ1v) is 10.8. The van der Waals surface area contributed by atoms with Gasteiger partial charge in [-0.15, -0.1) is 10.2 Å². The number of benzene rings is 2. The van der Waals surface area contributed by atoms with Crippen LogP contribution in [0, 0.1) is 0 Å². The summed E-state index contributed by atoms with van der Waals surface area (Å²) < 4.78 is 1.70. The van der Waals surface area contributed by atoms with Crippen LogP contribution in [0.15, 0.2) is 91.4 Å². The van der Waals surface area contributed by atoms with E-state index in [2.05, 4.69) is 25.5 Å². The zero-order chi connectivity index (χ0) is 22.9. The summed E-state index contributed by atoms with van der Waals surface area (Å²) in [6.07, 6.45) is 5.62. The van der Waals surface area contributed by atoms with Gasteiger partial charge >= 0.3 is 0 Å². The number of carbonyl (C=O) groups excluding carboxylic acids is 1. The molecule has 0 saturated carbocycles. The molecule has 0 bridgehead atoms. The van der Waals surface area contributed by atoms with Crippen molar-refractivity contribution in [2.24, 2.45) is 0 Å². The normalized spacial score (nSPS) is 11.2. The molecule has 8 heteroatoms. The average Bonchev–Trinajstić information content (AvgIpc) is 3.49. The monoisotopic (exact) mass is 445 g/mol. The minimum absolute atomic E-state index is 0.0806. The number of nitrogens with one attached hydrogen (secondary N) is 2. The summed E-state index contributed by atoms with van der Waals surface area (Å²) in [6.45, 7) is 0. The maximum atomic E-state index is 12.7. The smallest absolute Gasteiger partial charge is 0.228 e. The van der Waals surface area contributed by atoms with E-state index in [4.69, 9.17) is 5.10 Å². The lowest BCUT2D eigenvalue weighted by Gasteiger charge is -2.08. The second-order valence-corrected chi connectivity index (χ2v) is 7.92. The number of amides is 1. The van der Waals surface area contributed by atoms with Crippen molar-refractivity contribution in [1.82, 2.24) is 29.8 Å². The van der Waals surface area contributed by atoms with Gasteiger partial charge in [0.2, 0.25) is 5.91 Å². The number of hydrogen-bond donors (Lipinski definition) is 2. The maximum absolute atomic E-state index is 12.7. The van der Waals surface area contributed by atoms with Gasteiger partial charge in [0.1, 0.15) is 0 Å². The van der Waals surface area contributed by atoms with Crippen LogP contribution in [0.5, 0.6) is 0 Å². The minimum atomic E-state index is -0.0806. The van der Waals surface area contributed by atoms with E-state index < -0.39 is 0 Å². The van der Waals surface area contributed by atoms with Crippen LogP contribution in [0.1, 0.15) is 5.56 Å². The van der Waals surface area contributed by atoms with Crippen molar-refractivity contribution in [1.29, 1.82) is 0 Å². The molecule has 2 aromatic carbocycles. The molecule has 0 aliphatic heterocycles. The number of rotatable bonds is 5. The van der Waals surface area contributed by atoms with Crippen LogP contribution in [0.25, 0.3) is 39.2 Å². The number of carbonyl (C=O) groups is 1. The molecule has 0 atom stereocenters. The lowest BCUT2D eigenvalue weighted by molar-refractivity contribution is -0.115. The summed E-state index contributed by atoms with van der Waals surface area (Å²) in [5, 5.41) is 17.3. The number of aromatic amines is 1. The topological polar surface area (TPSA) is 101 Å². The van der Waals surface area contributed by atoms with Gasteiger partial charge in [-0.05, 0) is 48.0 Å². The Labute approximate surface area is 194 Å². The second kappa shape index (κ2) is 8.25. The fourth-order valence-electron chi connectivity index (χ4n) is 4.03. The number of H-pyrrole nitrogens is 1. The number of nitrogens with zero attached hydrogens (tertiary/aromatic N) is 5. The number of fused-ring (bicyclic) bond motifs is 2. The van der Waals surface area contributed by atoms with Gasteiger partial charge in [0.15, 0.2) is 11.5 Å². The Morgan fingerprint density at radius 2 is 1.85 bits per heavy atom. The molecule has 8 nitrogen and oxygen atoms in total. The van der Waals surface area contributed by atoms with E-state index in [1.165, 1.54) is 0 Å². The summed E-state index contributed by atoms with van der Waals surface area (Å²) in [7, 11) is 0. The molecule has 0 fully saturated rings. The first-order chi connectivity index (χ1) is 16.7. The summed E-state index contributed by atoms with van der Waals surface area (Å²) >= 11 is 0. The van der Waals surface area contributed by atoms with Crippen molar-refractivity contribution >= 4 is 28.1 Å². The number of hydrogen-bond acceptors (Lipinski definition) is 5. The molecule has 0 unspecified atom stereocenters. The summed E-state index contributed by atoms with van der Waals surface area (Å²) in [5.41, 5.74) is 5.78. The third-order valence-corrected chi connectivity index (χ3v) is 5.65. The molecule has 1 amide bonds. The Hall–Kier alpha value is -4.85. The number of aromatic nitrogens is 6. The van der Waals surface area contributed by atoms with Crippen molar-refractivity contribution in [3.63, 3.8) is 0 Å². The lowest BCUT2D eigenvalue weighted by atomic mass is 10.1. The maximum Gasteiger partial charge on any atom is 0.228 e. The van der Waals surface area contributed by atoms with Crippen molar-refractivity contribution < 1.29 is 4.79 Å². The van der Waals surface area contributed by atoms with Gasteiger partial charge < -0.3 is 10.3 Å². The van der Waals surface area contributed by atoms with Crippen molar-refractivity contribution in [3.05, 3.63) is 97.0 Å².